The third-order valence-electron chi connectivity index (χ3n) is 3.03. The first kappa shape index (κ1) is 12.6. The summed E-state index contributed by atoms with van der Waals surface area (Å²) in [6.45, 7) is 0. The summed E-state index contributed by atoms with van der Waals surface area (Å²) >= 11 is 5.82. The maximum Gasteiger partial charge on any atom is 0.256 e. The fourth-order valence-electron chi connectivity index (χ4n) is 2.04. The number of pyridine rings is 1. The number of nitrogens with one attached hydrogen (secondary N) is 1. The molecule has 3 rings (SSSR count). The monoisotopic (exact) mass is 282 g/mol. The lowest BCUT2D eigenvalue weighted by molar-refractivity contribution is 0.102. The van der Waals surface area contributed by atoms with Gasteiger partial charge in [0.25, 0.3) is 5.91 Å². The highest BCUT2D eigenvalue weighted by atomic mass is 35.5. The smallest absolute Gasteiger partial charge is 0.256 e. The number of hydrogen-bond acceptors (Lipinski definition) is 2. The van der Waals surface area contributed by atoms with Crippen LogP contribution in [0.1, 0.15) is 10.4 Å². The number of benzene rings is 2. The van der Waals surface area contributed by atoms with Crippen LogP contribution in [0.25, 0.3) is 10.8 Å². The highest BCUT2D eigenvalue weighted by Crippen LogP contribution is 2.19. The van der Waals surface area contributed by atoms with Crippen molar-refractivity contribution in [3.63, 3.8) is 0 Å². The number of carbonyl (C=O) groups excluding carboxylic acids is 1. The topological polar surface area (TPSA) is 42.0 Å². The Morgan fingerprint density at radius 1 is 1.05 bits per heavy atom. The molecular formula is C16H11ClN2O. The SMILES string of the molecule is O=C(Nc1ccc(Cl)cc1)c1cccc2ccncc12. The van der Waals surface area contributed by atoms with E-state index in [1.54, 1.807) is 42.7 Å². The van der Waals surface area contributed by atoms with Gasteiger partial charge in [-0.25, -0.2) is 0 Å². The van der Waals surface area contributed by atoms with Crippen molar-refractivity contribution < 1.29 is 4.79 Å². The normalized spacial score (nSPS) is 10.4. The number of amides is 1. The van der Waals surface area contributed by atoms with Gasteiger partial charge in [0, 0.05) is 34.1 Å². The van der Waals surface area contributed by atoms with Crippen LogP contribution < -0.4 is 5.32 Å². The Morgan fingerprint density at radius 2 is 1.85 bits per heavy atom. The highest BCUT2D eigenvalue weighted by molar-refractivity contribution is 6.30. The summed E-state index contributed by atoms with van der Waals surface area (Å²) < 4.78 is 0. The van der Waals surface area contributed by atoms with Crippen LogP contribution in [0.4, 0.5) is 5.69 Å². The maximum absolute atomic E-state index is 12.3. The molecule has 1 heterocycles. The number of fused-ring (bicyclic) bond motifs is 1. The minimum absolute atomic E-state index is 0.161. The minimum atomic E-state index is -0.161. The molecule has 2 aromatic carbocycles. The maximum atomic E-state index is 12.3. The summed E-state index contributed by atoms with van der Waals surface area (Å²) in [4.78, 5) is 16.4. The molecule has 3 aromatic rings. The molecule has 98 valence electrons. The van der Waals surface area contributed by atoms with Gasteiger partial charge in [-0.2, -0.15) is 0 Å². The van der Waals surface area contributed by atoms with E-state index in [1.807, 2.05) is 18.2 Å². The molecule has 1 amide bonds. The van der Waals surface area contributed by atoms with Gasteiger partial charge in [-0.3, -0.25) is 9.78 Å². The summed E-state index contributed by atoms with van der Waals surface area (Å²) in [6.07, 6.45) is 3.41. The fourth-order valence-corrected chi connectivity index (χ4v) is 2.17. The molecule has 20 heavy (non-hydrogen) atoms. The van der Waals surface area contributed by atoms with Crippen LogP contribution in [0.2, 0.25) is 5.02 Å². The van der Waals surface area contributed by atoms with Crippen molar-refractivity contribution in [1.82, 2.24) is 4.98 Å². The van der Waals surface area contributed by atoms with E-state index in [4.69, 9.17) is 11.6 Å². The van der Waals surface area contributed by atoms with Gasteiger partial charge in [-0.05, 0) is 41.8 Å². The van der Waals surface area contributed by atoms with E-state index in [9.17, 15) is 4.79 Å². The van der Waals surface area contributed by atoms with Crippen molar-refractivity contribution in [2.45, 2.75) is 0 Å². The molecule has 0 fully saturated rings. The van der Waals surface area contributed by atoms with Gasteiger partial charge in [0.05, 0.1) is 0 Å². The van der Waals surface area contributed by atoms with Gasteiger partial charge in [-0.1, -0.05) is 23.7 Å². The first-order valence-corrected chi connectivity index (χ1v) is 6.51. The van der Waals surface area contributed by atoms with E-state index in [0.717, 1.165) is 10.8 Å². The Balaban J connectivity index is 1.94. The summed E-state index contributed by atoms with van der Waals surface area (Å²) in [6, 6.07) is 14.5. The average Bonchev–Trinajstić information content (AvgIpc) is 2.49. The van der Waals surface area contributed by atoms with E-state index in [0.29, 0.717) is 16.3 Å². The summed E-state index contributed by atoms with van der Waals surface area (Å²) in [5, 5.41) is 5.31. The molecule has 0 atom stereocenters. The Morgan fingerprint density at radius 3 is 2.65 bits per heavy atom. The Bertz CT molecular complexity index is 764. The zero-order chi connectivity index (χ0) is 13.9. The molecule has 0 aliphatic carbocycles. The van der Waals surface area contributed by atoms with E-state index < -0.39 is 0 Å². The number of anilines is 1. The lowest BCUT2D eigenvalue weighted by atomic mass is 10.1. The zero-order valence-corrected chi connectivity index (χ0v) is 11.3. The lowest BCUT2D eigenvalue weighted by Gasteiger charge is -2.07. The van der Waals surface area contributed by atoms with Gasteiger partial charge in [0.1, 0.15) is 0 Å². The molecule has 0 saturated heterocycles. The second-order valence-corrected chi connectivity index (χ2v) is 4.80. The van der Waals surface area contributed by atoms with E-state index in [-0.39, 0.29) is 5.91 Å². The van der Waals surface area contributed by atoms with Crippen LogP contribution in [0.15, 0.2) is 60.9 Å². The second-order valence-electron chi connectivity index (χ2n) is 4.36. The van der Waals surface area contributed by atoms with Gasteiger partial charge in [0.2, 0.25) is 0 Å². The number of nitrogens with zero attached hydrogens (tertiary/aromatic N) is 1. The van der Waals surface area contributed by atoms with Crippen LogP contribution in [0, 0.1) is 0 Å². The van der Waals surface area contributed by atoms with Crippen molar-refractivity contribution >= 4 is 34.0 Å². The zero-order valence-electron chi connectivity index (χ0n) is 10.5. The summed E-state index contributed by atoms with van der Waals surface area (Å²) in [7, 11) is 0. The van der Waals surface area contributed by atoms with Crippen molar-refractivity contribution in [3.8, 4) is 0 Å². The summed E-state index contributed by atoms with van der Waals surface area (Å²) in [5.41, 5.74) is 1.31. The largest absolute Gasteiger partial charge is 0.322 e. The molecule has 0 bridgehead atoms. The molecule has 0 saturated carbocycles. The van der Waals surface area contributed by atoms with E-state index >= 15 is 0 Å². The molecule has 0 radical (unpaired) electrons. The van der Waals surface area contributed by atoms with Gasteiger partial charge < -0.3 is 5.32 Å². The van der Waals surface area contributed by atoms with E-state index in [1.165, 1.54) is 0 Å². The van der Waals surface area contributed by atoms with Crippen molar-refractivity contribution in [2.24, 2.45) is 0 Å². The molecule has 1 N–H and O–H groups in total. The number of hydrogen-bond donors (Lipinski definition) is 1. The lowest BCUT2D eigenvalue weighted by Crippen LogP contribution is -2.12. The first-order valence-electron chi connectivity index (χ1n) is 6.14. The Hall–Kier alpha value is -2.39. The Kier molecular flexibility index (Phi) is 3.35. The van der Waals surface area contributed by atoms with Crippen molar-refractivity contribution in [3.05, 3.63) is 71.5 Å². The van der Waals surface area contributed by atoms with Crippen molar-refractivity contribution in [2.75, 3.05) is 5.32 Å². The average molecular weight is 283 g/mol. The molecule has 0 aliphatic rings. The van der Waals surface area contributed by atoms with Crippen LogP contribution in [0.3, 0.4) is 0 Å². The van der Waals surface area contributed by atoms with Crippen LogP contribution in [-0.4, -0.2) is 10.9 Å². The van der Waals surface area contributed by atoms with Gasteiger partial charge in [0.15, 0.2) is 0 Å². The van der Waals surface area contributed by atoms with Gasteiger partial charge in [-0.15, -0.1) is 0 Å². The quantitative estimate of drug-likeness (QED) is 0.767. The molecule has 3 nitrogen and oxygen atoms in total. The Labute approximate surface area is 121 Å². The van der Waals surface area contributed by atoms with Crippen LogP contribution >= 0.6 is 11.6 Å². The molecule has 0 unspecified atom stereocenters. The molecule has 1 aromatic heterocycles. The number of halogens is 1. The highest BCUT2D eigenvalue weighted by Gasteiger charge is 2.10. The first-order chi connectivity index (χ1) is 9.74. The molecule has 4 heteroatoms. The third kappa shape index (κ3) is 2.49. The van der Waals surface area contributed by atoms with Crippen LogP contribution in [-0.2, 0) is 0 Å². The molecule has 0 aliphatic heterocycles. The second kappa shape index (κ2) is 5.31. The fraction of sp³-hybridized carbons (Fsp3) is 0. The third-order valence-corrected chi connectivity index (χ3v) is 3.28. The summed E-state index contributed by atoms with van der Waals surface area (Å²) in [5.74, 6) is -0.161. The van der Waals surface area contributed by atoms with E-state index in [2.05, 4.69) is 10.3 Å². The standard InChI is InChI=1S/C16H11ClN2O/c17-12-4-6-13(7-5-12)19-16(20)14-3-1-2-11-8-9-18-10-15(11)14/h1-10H,(H,19,20). The molecular weight excluding hydrogens is 272 g/mol. The van der Waals surface area contributed by atoms with Crippen molar-refractivity contribution in [1.29, 1.82) is 0 Å². The number of rotatable bonds is 2. The predicted molar refractivity (Wildman–Crippen MR) is 81.1 cm³/mol. The molecule has 0 spiro atoms. The van der Waals surface area contributed by atoms with Gasteiger partial charge >= 0.3 is 0 Å². The predicted octanol–water partition coefficient (Wildman–Crippen LogP) is 4.14. The number of carbonyl (C=O) groups is 1. The van der Waals surface area contributed by atoms with Crippen LogP contribution in [0.5, 0.6) is 0 Å². The minimum Gasteiger partial charge on any atom is -0.322 e. The number of aromatic nitrogens is 1.